The molecule has 27 heavy (non-hydrogen) atoms. The van der Waals surface area contributed by atoms with Crippen LogP contribution in [0.3, 0.4) is 0 Å². The smallest absolute Gasteiger partial charge is 0.220 e. The van der Waals surface area contributed by atoms with Gasteiger partial charge < -0.3 is 20.3 Å². The van der Waals surface area contributed by atoms with Gasteiger partial charge in [-0.15, -0.1) is 0 Å². The van der Waals surface area contributed by atoms with Crippen LogP contribution >= 0.6 is 0 Å². The van der Waals surface area contributed by atoms with Crippen molar-refractivity contribution in [2.24, 2.45) is 10.9 Å². The monoisotopic (exact) mass is 378 g/mol. The number of carbonyl (C=O) groups excluding carboxylic acids is 1. The van der Waals surface area contributed by atoms with Crippen molar-refractivity contribution in [2.45, 2.75) is 39.2 Å². The highest BCUT2D eigenvalue weighted by molar-refractivity contribution is 5.80. The largest absolute Gasteiger partial charge is 0.489 e. The van der Waals surface area contributed by atoms with Crippen molar-refractivity contribution in [3.05, 3.63) is 30.1 Å². The average Bonchev–Trinajstić information content (AvgIpc) is 2.65. The predicted molar refractivity (Wildman–Crippen MR) is 105 cm³/mol. The average molecular weight is 378 g/mol. The zero-order chi connectivity index (χ0) is 19.6. The first-order valence-corrected chi connectivity index (χ1v) is 9.67. The van der Waals surface area contributed by atoms with Gasteiger partial charge in [0.2, 0.25) is 5.91 Å². The summed E-state index contributed by atoms with van der Waals surface area (Å²) < 4.78 is 19.0. The van der Waals surface area contributed by atoms with E-state index in [2.05, 4.69) is 15.5 Å². The zero-order valence-corrected chi connectivity index (χ0v) is 16.5. The van der Waals surface area contributed by atoms with Crippen molar-refractivity contribution in [1.29, 1.82) is 0 Å². The van der Waals surface area contributed by atoms with Crippen molar-refractivity contribution in [3.8, 4) is 5.75 Å². The molecule has 1 saturated heterocycles. The maximum absolute atomic E-state index is 13.3. The second-order valence-electron chi connectivity index (χ2n) is 6.89. The molecule has 0 aliphatic carbocycles. The molecule has 0 saturated carbocycles. The highest BCUT2D eigenvalue weighted by Crippen LogP contribution is 2.20. The lowest BCUT2D eigenvalue weighted by atomic mass is 9.93. The van der Waals surface area contributed by atoms with E-state index < -0.39 is 0 Å². The Morgan fingerprint density at radius 1 is 1.41 bits per heavy atom. The second-order valence-corrected chi connectivity index (χ2v) is 6.89. The Morgan fingerprint density at radius 2 is 2.15 bits per heavy atom. The summed E-state index contributed by atoms with van der Waals surface area (Å²) in [5.41, 5.74) is 0. The van der Waals surface area contributed by atoms with Crippen LogP contribution in [0, 0.1) is 11.7 Å². The highest BCUT2D eigenvalue weighted by Gasteiger charge is 2.23. The molecule has 0 spiro atoms. The van der Waals surface area contributed by atoms with Gasteiger partial charge in [0.05, 0.1) is 6.54 Å². The summed E-state index contributed by atoms with van der Waals surface area (Å²) in [4.78, 5) is 18.5. The minimum Gasteiger partial charge on any atom is -0.489 e. The number of nitrogens with one attached hydrogen (secondary N) is 2. The van der Waals surface area contributed by atoms with E-state index in [4.69, 9.17) is 9.73 Å². The Hall–Kier alpha value is -2.31. The van der Waals surface area contributed by atoms with Crippen molar-refractivity contribution in [3.63, 3.8) is 0 Å². The molecule has 1 aromatic carbocycles. The van der Waals surface area contributed by atoms with Crippen molar-refractivity contribution >= 4 is 11.9 Å². The lowest BCUT2D eigenvalue weighted by molar-refractivity contribution is -0.121. The Kier molecular flexibility index (Phi) is 8.36. The third kappa shape index (κ3) is 7.07. The van der Waals surface area contributed by atoms with E-state index in [1.165, 1.54) is 12.1 Å². The minimum absolute atomic E-state index is 0.109. The molecule has 0 bridgehead atoms. The number of nitrogens with zero attached hydrogens (tertiary/aromatic N) is 2. The maximum Gasteiger partial charge on any atom is 0.220 e. The number of halogens is 1. The number of hydrogen-bond acceptors (Lipinski definition) is 3. The fraction of sp³-hybridized carbons (Fsp3) is 0.600. The molecule has 1 aliphatic heterocycles. The van der Waals surface area contributed by atoms with Gasteiger partial charge in [-0.1, -0.05) is 6.07 Å². The summed E-state index contributed by atoms with van der Waals surface area (Å²) in [6.45, 7) is 7.00. The molecule has 6 nitrogen and oxygen atoms in total. The SMILES string of the molecule is CCNC(=NCC(C)Oc1cccc(F)c1)N1CCC(CC(=O)NC)CC1. The first-order chi connectivity index (χ1) is 13.0. The van der Waals surface area contributed by atoms with E-state index in [0.717, 1.165) is 38.4 Å². The van der Waals surface area contributed by atoms with Gasteiger partial charge >= 0.3 is 0 Å². The third-order valence-corrected chi connectivity index (χ3v) is 4.63. The molecule has 1 unspecified atom stereocenters. The van der Waals surface area contributed by atoms with Gasteiger partial charge in [-0.25, -0.2) is 9.38 Å². The number of carbonyl (C=O) groups is 1. The number of hydrogen-bond donors (Lipinski definition) is 2. The fourth-order valence-electron chi connectivity index (χ4n) is 3.16. The highest BCUT2D eigenvalue weighted by atomic mass is 19.1. The topological polar surface area (TPSA) is 66.0 Å². The van der Waals surface area contributed by atoms with Crippen LogP contribution in [0.15, 0.2) is 29.3 Å². The van der Waals surface area contributed by atoms with Gasteiger partial charge in [0.25, 0.3) is 0 Å². The molecule has 0 radical (unpaired) electrons. The lowest BCUT2D eigenvalue weighted by Gasteiger charge is -2.34. The molecule has 1 atom stereocenters. The number of amides is 1. The minimum atomic E-state index is -0.309. The molecule has 1 amide bonds. The number of guanidine groups is 1. The molecule has 150 valence electrons. The van der Waals surface area contributed by atoms with E-state index in [-0.39, 0.29) is 17.8 Å². The van der Waals surface area contributed by atoms with Crippen molar-refractivity contribution < 1.29 is 13.9 Å². The van der Waals surface area contributed by atoms with Gasteiger partial charge in [-0.05, 0) is 44.7 Å². The maximum atomic E-state index is 13.3. The summed E-state index contributed by atoms with van der Waals surface area (Å²) in [6, 6.07) is 6.15. The first kappa shape index (κ1) is 21.0. The molecule has 0 aromatic heterocycles. The fourth-order valence-corrected chi connectivity index (χ4v) is 3.16. The van der Waals surface area contributed by atoms with Gasteiger partial charge in [-0.2, -0.15) is 0 Å². The van der Waals surface area contributed by atoms with Crippen LogP contribution in [0.4, 0.5) is 4.39 Å². The number of aliphatic imine (C=N–C) groups is 1. The molecule has 2 N–H and O–H groups in total. The van der Waals surface area contributed by atoms with E-state index in [1.807, 2.05) is 13.8 Å². The van der Waals surface area contributed by atoms with Crippen molar-refractivity contribution in [1.82, 2.24) is 15.5 Å². The number of rotatable bonds is 7. The van der Waals surface area contributed by atoms with E-state index in [0.29, 0.717) is 24.6 Å². The molecular weight excluding hydrogens is 347 g/mol. The summed E-state index contributed by atoms with van der Waals surface area (Å²) in [6.07, 6.45) is 2.39. The number of piperidine rings is 1. The standard InChI is InChI=1S/C20H31FN4O2/c1-4-23-20(25-10-8-16(9-11-25)12-19(26)22-3)24-14-15(2)27-18-7-5-6-17(21)13-18/h5-7,13,15-16H,4,8-12,14H2,1-3H3,(H,22,26)(H,23,24). The quantitative estimate of drug-likeness (QED) is 0.565. The molecule has 1 fully saturated rings. The van der Waals surface area contributed by atoms with E-state index in [1.54, 1.807) is 19.2 Å². The van der Waals surface area contributed by atoms with E-state index in [9.17, 15) is 9.18 Å². The number of ether oxygens (including phenoxy) is 1. The summed E-state index contributed by atoms with van der Waals surface area (Å²) in [5, 5.41) is 6.03. The normalized spacial score (nSPS) is 16.7. The summed E-state index contributed by atoms with van der Waals surface area (Å²) in [7, 11) is 1.68. The Balaban J connectivity index is 1.87. The van der Waals surface area contributed by atoms with Gasteiger partial charge in [0, 0.05) is 39.2 Å². The Morgan fingerprint density at radius 3 is 2.78 bits per heavy atom. The Labute approximate surface area is 161 Å². The third-order valence-electron chi connectivity index (χ3n) is 4.63. The van der Waals surface area contributed by atoms with Crippen molar-refractivity contribution in [2.75, 3.05) is 33.2 Å². The predicted octanol–water partition coefficient (Wildman–Crippen LogP) is 2.41. The van der Waals surface area contributed by atoms with Crippen LogP contribution in [0.2, 0.25) is 0 Å². The first-order valence-electron chi connectivity index (χ1n) is 9.67. The number of likely N-dealkylation sites (tertiary alicyclic amines) is 1. The van der Waals surface area contributed by atoms with Crippen LogP contribution in [0.1, 0.15) is 33.1 Å². The molecular formula is C20H31FN4O2. The summed E-state index contributed by atoms with van der Waals surface area (Å²) in [5.74, 6) is 1.61. The van der Waals surface area contributed by atoms with Crippen LogP contribution in [-0.2, 0) is 4.79 Å². The molecule has 2 rings (SSSR count). The van der Waals surface area contributed by atoms with Gasteiger partial charge in [0.1, 0.15) is 17.7 Å². The lowest BCUT2D eigenvalue weighted by Crippen LogP contribution is -2.46. The summed E-state index contributed by atoms with van der Waals surface area (Å²) >= 11 is 0. The zero-order valence-electron chi connectivity index (χ0n) is 16.5. The molecule has 1 aromatic rings. The molecule has 7 heteroatoms. The van der Waals surface area contributed by atoms with Crippen LogP contribution in [-0.4, -0.2) is 56.1 Å². The van der Waals surface area contributed by atoms with Crippen LogP contribution in [0.25, 0.3) is 0 Å². The Bertz CT molecular complexity index is 630. The van der Waals surface area contributed by atoms with E-state index >= 15 is 0 Å². The molecule has 1 aliphatic rings. The van der Waals surface area contributed by atoms with Crippen LogP contribution < -0.4 is 15.4 Å². The van der Waals surface area contributed by atoms with Gasteiger partial charge in [0.15, 0.2) is 5.96 Å². The number of benzene rings is 1. The van der Waals surface area contributed by atoms with Crippen LogP contribution in [0.5, 0.6) is 5.75 Å². The van der Waals surface area contributed by atoms with Gasteiger partial charge in [-0.3, -0.25) is 4.79 Å². The molecule has 1 heterocycles. The second kappa shape index (κ2) is 10.7.